The van der Waals surface area contributed by atoms with Crippen molar-refractivity contribution in [3.63, 3.8) is 0 Å². The Labute approximate surface area is 103 Å². The third kappa shape index (κ3) is 3.44. The summed E-state index contributed by atoms with van der Waals surface area (Å²) in [4.78, 5) is 2.27. The van der Waals surface area contributed by atoms with Gasteiger partial charge < -0.3 is 0 Å². The number of benzene rings is 1. The highest BCUT2D eigenvalue weighted by Gasteiger charge is 2.20. The predicted molar refractivity (Wildman–Crippen MR) is 70.3 cm³/mol. The van der Waals surface area contributed by atoms with Gasteiger partial charge in [0.15, 0.2) is 0 Å². The maximum atomic E-state index is 9.06. The Morgan fingerprint density at radius 2 is 2.12 bits per heavy atom. The van der Waals surface area contributed by atoms with Gasteiger partial charge in [0.05, 0.1) is 12.1 Å². The van der Waals surface area contributed by atoms with Gasteiger partial charge in [-0.3, -0.25) is 4.90 Å². The topological polar surface area (TPSA) is 27.0 Å². The quantitative estimate of drug-likeness (QED) is 0.792. The molecule has 1 aromatic carbocycles. The van der Waals surface area contributed by atoms with E-state index in [1.807, 2.05) is 18.2 Å². The van der Waals surface area contributed by atoms with Crippen LogP contribution in [0.25, 0.3) is 6.08 Å². The summed E-state index contributed by atoms with van der Waals surface area (Å²) in [6, 6.07) is 12.8. The van der Waals surface area contributed by atoms with Crippen molar-refractivity contribution in [1.82, 2.24) is 4.90 Å². The van der Waals surface area contributed by atoms with E-state index >= 15 is 0 Å². The average molecular weight is 226 g/mol. The monoisotopic (exact) mass is 226 g/mol. The lowest BCUT2D eigenvalue weighted by atomic mass is 10.0. The summed E-state index contributed by atoms with van der Waals surface area (Å²) < 4.78 is 0. The Morgan fingerprint density at radius 3 is 2.88 bits per heavy atom. The van der Waals surface area contributed by atoms with E-state index in [0.717, 1.165) is 19.5 Å². The van der Waals surface area contributed by atoms with E-state index in [2.05, 4.69) is 35.3 Å². The fourth-order valence-electron chi connectivity index (χ4n) is 2.24. The van der Waals surface area contributed by atoms with E-state index in [1.54, 1.807) is 0 Å². The van der Waals surface area contributed by atoms with Gasteiger partial charge >= 0.3 is 0 Å². The van der Waals surface area contributed by atoms with E-state index in [0.29, 0.717) is 0 Å². The Balaban J connectivity index is 1.89. The van der Waals surface area contributed by atoms with E-state index in [-0.39, 0.29) is 6.04 Å². The zero-order valence-corrected chi connectivity index (χ0v) is 10.0. The van der Waals surface area contributed by atoms with E-state index < -0.39 is 0 Å². The van der Waals surface area contributed by atoms with Gasteiger partial charge in [-0.1, -0.05) is 42.5 Å². The van der Waals surface area contributed by atoms with Crippen LogP contribution in [0.1, 0.15) is 24.8 Å². The Bertz CT molecular complexity index is 403. The number of likely N-dealkylation sites (tertiary alicyclic amines) is 1. The highest BCUT2D eigenvalue weighted by atomic mass is 15.2. The molecule has 0 aliphatic carbocycles. The Morgan fingerprint density at radius 1 is 1.29 bits per heavy atom. The molecule has 0 aromatic heterocycles. The van der Waals surface area contributed by atoms with Gasteiger partial charge in [-0.15, -0.1) is 0 Å². The van der Waals surface area contributed by atoms with Crippen molar-refractivity contribution >= 4 is 6.08 Å². The second kappa shape index (κ2) is 6.22. The van der Waals surface area contributed by atoms with Crippen molar-refractivity contribution in [2.75, 3.05) is 13.1 Å². The first kappa shape index (κ1) is 11.9. The van der Waals surface area contributed by atoms with Gasteiger partial charge in [0.25, 0.3) is 0 Å². The van der Waals surface area contributed by atoms with Crippen LogP contribution in [0.4, 0.5) is 0 Å². The number of piperidine rings is 1. The summed E-state index contributed by atoms with van der Waals surface area (Å²) in [5.74, 6) is 0. The molecule has 2 rings (SSSR count). The Kier molecular flexibility index (Phi) is 4.35. The van der Waals surface area contributed by atoms with E-state index in [1.165, 1.54) is 18.4 Å². The molecule has 0 N–H and O–H groups in total. The average Bonchev–Trinajstić information content (AvgIpc) is 2.40. The molecule has 88 valence electrons. The van der Waals surface area contributed by atoms with Crippen LogP contribution in [0.3, 0.4) is 0 Å². The minimum absolute atomic E-state index is 0.115. The number of nitriles is 1. The molecule has 1 aromatic rings. The summed E-state index contributed by atoms with van der Waals surface area (Å²) in [6.45, 7) is 1.93. The molecule has 1 atom stereocenters. The zero-order valence-electron chi connectivity index (χ0n) is 10.0. The summed E-state index contributed by atoms with van der Waals surface area (Å²) >= 11 is 0. The van der Waals surface area contributed by atoms with Crippen LogP contribution in [0, 0.1) is 11.3 Å². The third-order valence-electron chi connectivity index (χ3n) is 3.21. The molecule has 0 spiro atoms. The number of nitrogens with zero attached hydrogens (tertiary/aromatic N) is 2. The lowest BCUT2D eigenvalue weighted by molar-refractivity contribution is 0.204. The molecule has 1 heterocycles. The molecular formula is C15H18N2. The maximum absolute atomic E-state index is 9.06. The molecule has 0 amide bonds. The smallest absolute Gasteiger partial charge is 0.0980 e. The van der Waals surface area contributed by atoms with Gasteiger partial charge in [0, 0.05) is 6.54 Å². The SMILES string of the molecule is N#CC1CCCCN1CC=Cc1ccccc1. The standard InChI is InChI=1S/C15H18N2/c16-13-15-10-4-5-11-17(15)12-6-9-14-7-2-1-3-8-14/h1-3,6-9,15H,4-5,10-12H2. The van der Waals surface area contributed by atoms with Gasteiger partial charge in [0.1, 0.15) is 0 Å². The van der Waals surface area contributed by atoms with Crippen LogP contribution in [0.15, 0.2) is 36.4 Å². The molecule has 17 heavy (non-hydrogen) atoms. The van der Waals surface area contributed by atoms with Gasteiger partial charge in [0.2, 0.25) is 0 Å². The lowest BCUT2D eigenvalue weighted by Crippen LogP contribution is -2.38. The second-order valence-electron chi connectivity index (χ2n) is 4.45. The molecule has 0 bridgehead atoms. The highest BCUT2D eigenvalue weighted by Crippen LogP contribution is 2.16. The predicted octanol–water partition coefficient (Wildman–Crippen LogP) is 3.08. The lowest BCUT2D eigenvalue weighted by Gasteiger charge is -2.30. The van der Waals surface area contributed by atoms with Crippen LogP contribution >= 0.6 is 0 Å². The van der Waals surface area contributed by atoms with Crippen molar-refractivity contribution in [3.8, 4) is 6.07 Å². The maximum Gasteiger partial charge on any atom is 0.0980 e. The summed E-state index contributed by atoms with van der Waals surface area (Å²) in [5.41, 5.74) is 1.22. The first-order valence-electron chi connectivity index (χ1n) is 6.25. The fraction of sp³-hybridized carbons (Fsp3) is 0.400. The number of hydrogen-bond acceptors (Lipinski definition) is 2. The molecule has 1 fully saturated rings. The van der Waals surface area contributed by atoms with Gasteiger partial charge in [-0.25, -0.2) is 0 Å². The molecule has 2 heteroatoms. The van der Waals surface area contributed by atoms with Gasteiger partial charge in [-0.05, 0) is 31.4 Å². The molecule has 2 nitrogen and oxygen atoms in total. The number of hydrogen-bond donors (Lipinski definition) is 0. The van der Waals surface area contributed by atoms with E-state index in [9.17, 15) is 0 Å². The first-order valence-corrected chi connectivity index (χ1v) is 6.25. The molecule has 1 unspecified atom stereocenters. The first-order chi connectivity index (χ1) is 8.40. The minimum atomic E-state index is 0.115. The molecule has 0 saturated carbocycles. The molecular weight excluding hydrogens is 208 g/mol. The molecule has 0 radical (unpaired) electrons. The molecule has 1 aliphatic heterocycles. The zero-order chi connectivity index (χ0) is 11.9. The second-order valence-corrected chi connectivity index (χ2v) is 4.45. The highest BCUT2D eigenvalue weighted by molar-refractivity contribution is 5.48. The van der Waals surface area contributed by atoms with Crippen molar-refractivity contribution < 1.29 is 0 Å². The van der Waals surface area contributed by atoms with Crippen molar-refractivity contribution in [3.05, 3.63) is 42.0 Å². The van der Waals surface area contributed by atoms with Crippen molar-refractivity contribution in [1.29, 1.82) is 5.26 Å². The summed E-state index contributed by atoms with van der Waals surface area (Å²) in [6.07, 6.45) is 7.72. The normalized spacial score (nSPS) is 21.5. The molecule has 1 saturated heterocycles. The number of rotatable bonds is 3. The van der Waals surface area contributed by atoms with Crippen LogP contribution < -0.4 is 0 Å². The van der Waals surface area contributed by atoms with Crippen LogP contribution in [-0.2, 0) is 0 Å². The van der Waals surface area contributed by atoms with Gasteiger partial charge in [-0.2, -0.15) is 5.26 Å². The Hall–Kier alpha value is -1.59. The minimum Gasteiger partial charge on any atom is -0.284 e. The fourth-order valence-corrected chi connectivity index (χ4v) is 2.24. The summed E-state index contributed by atoms with van der Waals surface area (Å²) in [7, 11) is 0. The van der Waals surface area contributed by atoms with Crippen LogP contribution in [-0.4, -0.2) is 24.0 Å². The van der Waals surface area contributed by atoms with E-state index in [4.69, 9.17) is 5.26 Å². The largest absolute Gasteiger partial charge is 0.284 e. The van der Waals surface area contributed by atoms with Crippen LogP contribution in [0.2, 0.25) is 0 Å². The van der Waals surface area contributed by atoms with Crippen molar-refractivity contribution in [2.45, 2.75) is 25.3 Å². The third-order valence-corrected chi connectivity index (χ3v) is 3.21. The van der Waals surface area contributed by atoms with Crippen molar-refractivity contribution in [2.24, 2.45) is 0 Å². The van der Waals surface area contributed by atoms with Crippen LogP contribution in [0.5, 0.6) is 0 Å². The molecule has 1 aliphatic rings. The summed E-state index contributed by atoms with van der Waals surface area (Å²) in [5, 5.41) is 9.06.